The lowest BCUT2D eigenvalue weighted by molar-refractivity contribution is 0.482. The van der Waals surface area contributed by atoms with Gasteiger partial charge in [-0.25, -0.2) is 4.68 Å². The highest BCUT2D eigenvalue weighted by atomic mass is 16.5. The average molecular weight is 521 g/mol. The molecule has 0 saturated carbocycles. The van der Waals surface area contributed by atoms with E-state index in [0.29, 0.717) is 39.8 Å². The zero-order valence-corrected chi connectivity index (χ0v) is 21.0. The summed E-state index contributed by atoms with van der Waals surface area (Å²) in [5, 5.41) is 34.0. The maximum absolute atomic E-state index is 9.93. The Kier molecular flexibility index (Phi) is 7.22. The van der Waals surface area contributed by atoms with E-state index in [1.54, 1.807) is 48.5 Å². The number of para-hydroxylation sites is 2. The molecular weight excluding hydrogens is 500 g/mol. The van der Waals surface area contributed by atoms with Crippen LogP contribution in [-0.2, 0) is 0 Å². The van der Waals surface area contributed by atoms with Gasteiger partial charge < -0.3 is 15.2 Å². The van der Waals surface area contributed by atoms with Gasteiger partial charge in [0.1, 0.15) is 64.0 Å². The van der Waals surface area contributed by atoms with Gasteiger partial charge in [-0.3, -0.25) is 0 Å². The van der Waals surface area contributed by atoms with Gasteiger partial charge in [-0.2, -0.15) is 20.9 Å². The lowest BCUT2D eigenvalue weighted by Crippen LogP contribution is -2.08. The number of anilines is 1. The molecule has 0 aliphatic heterocycles. The minimum atomic E-state index is -0.214. The van der Waals surface area contributed by atoms with Crippen LogP contribution < -0.4 is 15.2 Å². The number of nitriles is 3. The summed E-state index contributed by atoms with van der Waals surface area (Å²) in [6, 6.07) is 38.5. The number of nitrogens with zero attached hydrogens (tertiary/aromatic N) is 5. The van der Waals surface area contributed by atoms with Crippen LogP contribution in [0.15, 0.2) is 115 Å². The molecule has 0 spiro atoms. The van der Waals surface area contributed by atoms with Gasteiger partial charge in [0.05, 0.1) is 0 Å². The third-order valence-corrected chi connectivity index (χ3v) is 5.92. The topological polar surface area (TPSA) is 134 Å². The number of hydrogen-bond acceptors (Lipinski definition) is 7. The molecule has 40 heavy (non-hydrogen) atoms. The summed E-state index contributed by atoms with van der Waals surface area (Å²) in [7, 11) is 0. The fourth-order valence-corrected chi connectivity index (χ4v) is 4.03. The van der Waals surface area contributed by atoms with E-state index < -0.39 is 0 Å². The minimum Gasteiger partial charge on any atom is -0.457 e. The summed E-state index contributed by atoms with van der Waals surface area (Å²) >= 11 is 0. The highest BCUT2D eigenvalue weighted by Gasteiger charge is 2.23. The molecule has 0 amide bonds. The van der Waals surface area contributed by atoms with Crippen LogP contribution in [0.5, 0.6) is 23.0 Å². The summed E-state index contributed by atoms with van der Waals surface area (Å²) in [5.41, 5.74) is 7.85. The summed E-state index contributed by atoms with van der Waals surface area (Å²) in [6.45, 7) is 0. The molecule has 1 heterocycles. The molecule has 0 radical (unpaired) electrons. The third-order valence-electron chi connectivity index (χ3n) is 5.92. The minimum absolute atomic E-state index is 0.00437. The normalized spacial score (nSPS) is 10.0. The molecule has 0 saturated heterocycles. The van der Waals surface area contributed by atoms with Crippen molar-refractivity contribution < 1.29 is 9.47 Å². The fourth-order valence-electron chi connectivity index (χ4n) is 4.03. The molecule has 4 aromatic carbocycles. The summed E-state index contributed by atoms with van der Waals surface area (Å²) in [5.74, 6) is 2.53. The predicted octanol–water partition coefficient (Wildman–Crippen LogP) is 6.90. The van der Waals surface area contributed by atoms with Crippen molar-refractivity contribution in [3.05, 3.63) is 126 Å². The van der Waals surface area contributed by atoms with Crippen molar-refractivity contribution in [3.8, 4) is 52.5 Å². The van der Waals surface area contributed by atoms with Crippen molar-refractivity contribution in [2.24, 2.45) is 0 Å². The van der Waals surface area contributed by atoms with Crippen LogP contribution >= 0.6 is 0 Å². The largest absolute Gasteiger partial charge is 0.457 e. The molecule has 0 aliphatic rings. The Balaban J connectivity index is 1.51. The van der Waals surface area contributed by atoms with Crippen molar-refractivity contribution in [2.45, 2.75) is 0 Å². The number of ether oxygens (including phenoxy) is 2. The van der Waals surface area contributed by atoms with Crippen LogP contribution in [0, 0.1) is 34.0 Å². The van der Waals surface area contributed by atoms with Gasteiger partial charge in [0.2, 0.25) is 0 Å². The highest BCUT2D eigenvalue weighted by Crippen LogP contribution is 2.34. The smallest absolute Gasteiger partial charge is 0.155 e. The first-order valence-electron chi connectivity index (χ1n) is 12.1. The van der Waals surface area contributed by atoms with Crippen molar-refractivity contribution in [3.63, 3.8) is 0 Å². The monoisotopic (exact) mass is 520 g/mol. The van der Waals surface area contributed by atoms with Gasteiger partial charge in [0.25, 0.3) is 0 Å². The quantitative estimate of drug-likeness (QED) is 0.231. The van der Waals surface area contributed by atoms with Gasteiger partial charge in [0, 0.05) is 11.1 Å². The van der Waals surface area contributed by atoms with E-state index in [1.807, 2.05) is 72.8 Å². The van der Waals surface area contributed by atoms with Crippen LogP contribution in [0.4, 0.5) is 5.82 Å². The molecule has 0 bridgehead atoms. The predicted molar refractivity (Wildman–Crippen MR) is 150 cm³/mol. The first-order chi connectivity index (χ1) is 19.6. The first kappa shape index (κ1) is 25.4. The van der Waals surface area contributed by atoms with E-state index in [4.69, 9.17) is 15.2 Å². The molecule has 0 atom stereocenters. The van der Waals surface area contributed by atoms with Crippen molar-refractivity contribution >= 4 is 11.5 Å². The second-order valence-electron chi connectivity index (χ2n) is 8.46. The standard InChI is InChI=1S/C32H20N6O2/c33-19-24(20-34)31(23-13-17-28(18-14-23)40-26-9-5-2-6-10-26)38-32(36)29(21-35)30(37-38)22-11-15-27(16-12-22)39-25-7-3-1-4-8-25/h1-18H,36H2. The second-order valence-corrected chi connectivity index (χ2v) is 8.46. The van der Waals surface area contributed by atoms with Crippen LogP contribution in [0.25, 0.3) is 17.0 Å². The highest BCUT2D eigenvalue weighted by molar-refractivity contribution is 5.82. The number of hydrogen-bond donors (Lipinski definition) is 1. The van der Waals surface area contributed by atoms with Gasteiger partial charge in [-0.05, 0) is 72.8 Å². The first-order valence-corrected chi connectivity index (χ1v) is 12.1. The molecule has 2 N–H and O–H groups in total. The summed E-state index contributed by atoms with van der Waals surface area (Å²) in [4.78, 5) is 0. The number of nitrogen functional groups attached to an aromatic ring is 1. The number of rotatable bonds is 7. The van der Waals surface area contributed by atoms with Gasteiger partial charge in [0.15, 0.2) is 5.57 Å². The van der Waals surface area contributed by atoms with E-state index >= 15 is 0 Å². The van der Waals surface area contributed by atoms with Crippen molar-refractivity contribution in [1.82, 2.24) is 9.78 Å². The van der Waals surface area contributed by atoms with E-state index in [1.165, 1.54) is 4.68 Å². The van der Waals surface area contributed by atoms with E-state index in [-0.39, 0.29) is 22.7 Å². The number of benzene rings is 4. The number of nitrogens with two attached hydrogens (primary N) is 1. The Morgan fingerprint density at radius 1 is 0.650 bits per heavy atom. The maximum Gasteiger partial charge on any atom is 0.155 e. The SMILES string of the molecule is N#CC(C#N)=C(c1ccc(Oc2ccccc2)cc1)n1nc(-c2ccc(Oc3ccccc3)cc2)c(C#N)c1N. The van der Waals surface area contributed by atoms with Crippen LogP contribution in [-0.4, -0.2) is 9.78 Å². The Morgan fingerprint density at radius 3 is 1.60 bits per heavy atom. The maximum atomic E-state index is 9.93. The molecule has 5 aromatic rings. The fraction of sp³-hybridized carbons (Fsp3) is 0. The van der Waals surface area contributed by atoms with Crippen molar-refractivity contribution in [2.75, 3.05) is 5.73 Å². The molecule has 5 rings (SSSR count). The number of aromatic nitrogens is 2. The van der Waals surface area contributed by atoms with Crippen LogP contribution in [0.3, 0.4) is 0 Å². The number of allylic oxidation sites excluding steroid dienone is 1. The van der Waals surface area contributed by atoms with E-state index in [9.17, 15) is 15.8 Å². The Morgan fingerprint density at radius 2 is 1.12 bits per heavy atom. The third kappa shape index (κ3) is 5.21. The van der Waals surface area contributed by atoms with Crippen molar-refractivity contribution in [1.29, 1.82) is 15.8 Å². The Labute approximate surface area is 230 Å². The summed E-state index contributed by atoms with van der Waals surface area (Å²) < 4.78 is 13.0. The molecular formula is C32H20N6O2. The Hall–Kier alpha value is -6.30. The second kappa shape index (κ2) is 11.4. The molecule has 0 unspecified atom stereocenters. The molecule has 8 nitrogen and oxygen atoms in total. The van der Waals surface area contributed by atoms with Gasteiger partial charge >= 0.3 is 0 Å². The zero-order chi connectivity index (χ0) is 27.9. The lowest BCUT2D eigenvalue weighted by atomic mass is 10.1. The summed E-state index contributed by atoms with van der Waals surface area (Å²) in [6.07, 6.45) is 0. The molecule has 190 valence electrons. The van der Waals surface area contributed by atoms with Crippen LogP contribution in [0.1, 0.15) is 11.1 Å². The van der Waals surface area contributed by atoms with Crippen LogP contribution in [0.2, 0.25) is 0 Å². The molecule has 8 heteroatoms. The molecule has 0 fully saturated rings. The average Bonchev–Trinajstić information content (AvgIpc) is 3.33. The van der Waals surface area contributed by atoms with E-state index in [2.05, 4.69) is 11.2 Å². The lowest BCUT2D eigenvalue weighted by Gasteiger charge is -2.11. The van der Waals surface area contributed by atoms with Gasteiger partial charge in [-0.1, -0.05) is 36.4 Å². The Bertz CT molecular complexity index is 1790. The molecule has 1 aromatic heterocycles. The van der Waals surface area contributed by atoms with E-state index in [0.717, 1.165) is 0 Å². The molecule has 0 aliphatic carbocycles. The van der Waals surface area contributed by atoms with Gasteiger partial charge in [-0.15, -0.1) is 0 Å². The zero-order valence-electron chi connectivity index (χ0n) is 21.0.